The number of hydrogen-bond donors (Lipinski definition) is 1. The van der Waals surface area contributed by atoms with E-state index >= 15 is 0 Å². The zero-order valence-electron chi connectivity index (χ0n) is 15.0. The molecule has 27 heavy (non-hydrogen) atoms. The SMILES string of the molecule is CSc1ccc(CN(C)C(=O)Cc2csc(NC(=O)c3cccs3)n2)cc1. The summed E-state index contributed by atoms with van der Waals surface area (Å²) in [6.07, 6.45) is 2.25. The molecule has 0 unspecified atom stereocenters. The molecule has 0 saturated heterocycles. The highest BCUT2D eigenvalue weighted by atomic mass is 32.2. The van der Waals surface area contributed by atoms with Gasteiger partial charge in [0.05, 0.1) is 17.0 Å². The summed E-state index contributed by atoms with van der Waals surface area (Å²) in [5.41, 5.74) is 1.75. The van der Waals surface area contributed by atoms with Crippen LogP contribution in [-0.4, -0.2) is 35.0 Å². The van der Waals surface area contributed by atoms with Crippen molar-refractivity contribution >= 4 is 51.4 Å². The van der Waals surface area contributed by atoms with E-state index in [0.29, 0.717) is 22.2 Å². The van der Waals surface area contributed by atoms with Crippen molar-refractivity contribution in [2.75, 3.05) is 18.6 Å². The number of thiazole rings is 1. The molecule has 2 heterocycles. The van der Waals surface area contributed by atoms with E-state index in [0.717, 1.165) is 5.56 Å². The molecule has 0 fully saturated rings. The molecule has 0 radical (unpaired) electrons. The Bertz CT molecular complexity index is 905. The quantitative estimate of drug-likeness (QED) is 0.580. The molecule has 0 saturated carbocycles. The Morgan fingerprint density at radius 1 is 1.19 bits per heavy atom. The zero-order chi connectivity index (χ0) is 19.2. The van der Waals surface area contributed by atoms with Gasteiger partial charge >= 0.3 is 0 Å². The van der Waals surface area contributed by atoms with Crippen molar-refractivity contribution in [3.8, 4) is 0 Å². The molecule has 8 heteroatoms. The van der Waals surface area contributed by atoms with Gasteiger partial charge in [-0.1, -0.05) is 18.2 Å². The first-order chi connectivity index (χ1) is 13.0. The Labute approximate surface area is 170 Å². The molecule has 2 amide bonds. The molecular formula is C19H19N3O2S3. The second-order valence-corrected chi connectivity index (χ2v) is 8.54. The van der Waals surface area contributed by atoms with Gasteiger partial charge in [0.15, 0.2) is 5.13 Å². The van der Waals surface area contributed by atoms with Gasteiger partial charge in [0.25, 0.3) is 5.91 Å². The standard InChI is InChI=1S/C19H19N3O2S3/c1-22(11-13-5-7-15(25-2)8-6-13)17(23)10-14-12-27-19(20-14)21-18(24)16-4-3-9-26-16/h3-9,12H,10-11H2,1-2H3,(H,20,21,24). The summed E-state index contributed by atoms with van der Waals surface area (Å²) in [6, 6.07) is 11.8. The maximum absolute atomic E-state index is 12.5. The third kappa shape index (κ3) is 5.41. The van der Waals surface area contributed by atoms with Crippen LogP contribution in [0.2, 0.25) is 0 Å². The van der Waals surface area contributed by atoms with Crippen LogP contribution in [0.25, 0.3) is 0 Å². The summed E-state index contributed by atoms with van der Waals surface area (Å²) >= 11 is 4.40. The first-order valence-electron chi connectivity index (χ1n) is 8.21. The predicted octanol–water partition coefficient (Wildman–Crippen LogP) is 4.38. The maximum atomic E-state index is 12.5. The molecule has 0 atom stereocenters. The number of anilines is 1. The molecular weight excluding hydrogens is 398 g/mol. The highest BCUT2D eigenvalue weighted by molar-refractivity contribution is 7.98. The van der Waals surface area contributed by atoms with E-state index in [-0.39, 0.29) is 18.2 Å². The second-order valence-electron chi connectivity index (χ2n) is 5.85. The number of nitrogens with zero attached hydrogens (tertiary/aromatic N) is 2. The Morgan fingerprint density at radius 3 is 2.63 bits per heavy atom. The van der Waals surface area contributed by atoms with Gasteiger partial charge in [-0.05, 0) is 35.4 Å². The molecule has 140 valence electrons. The van der Waals surface area contributed by atoms with Crippen molar-refractivity contribution in [3.63, 3.8) is 0 Å². The van der Waals surface area contributed by atoms with Gasteiger partial charge < -0.3 is 4.90 Å². The average Bonchev–Trinajstić information content (AvgIpc) is 3.34. The van der Waals surface area contributed by atoms with Gasteiger partial charge in [0, 0.05) is 23.9 Å². The highest BCUT2D eigenvalue weighted by Gasteiger charge is 2.14. The molecule has 0 spiro atoms. The fraction of sp³-hybridized carbons (Fsp3) is 0.211. The van der Waals surface area contributed by atoms with Crippen molar-refractivity contribution in [1.29, 1.82) is 0 Å². The van der Waals surface area contributed by atoms with E-state index in [2.05, 4.69) is 22.4 Å². The van der Waals surface area contributed by atoms with E-state index in [1.807, 2.05) is 35.2 Å². The minimum Gasteiger partial charge on any atom is -0.341 e. The molecule has 2 aromatic heterocycles. The van der Waals surface area contributed by atoms with Crippen LogP contribution in [0.1, 0.15) is 20.9 Å². The van der Waals surface area contributed by atoms with E-state index in [1.54, 1.807) is 29.8 Å². The number of rotatable bonds is 7. The van der Waals surface area contributed by atoms with Gasteiger partial charge in [0.1, 0.15) is 0 Å². The molecule has 1 aromatic carbocycles. The Balaban J connectivity index is 1.54. The molecule has 0 bridgehead atoms. The number of nitrogens with one attached hydrogen (secondary N) is 1. The van der Waals surface area contributed by atoms with Gasteiger partial charge in [-0.2, -0.15) is 0 Å². The van der Waals surface area contributed by atoms with Gasteiger partial charge in [-0.25, -0.2) is 4.98 Å². The van der Waals surface area contributed by atoms with Gasteiger partial charge in [0.2, 0.25) is 5.91 Å². The summed E-state index contributed by atoms with van der Waals surface area (Å²) in [7, 11) is 1.79. The third-order valence-electron chi connectivity index (χ3n) is 3.85. The van der Waals surface area contributed by atoms with Crippen molar-refractivity contribution in [1.82, 2.24) is 9.88 Å². The molecule has 0 aliphatic rings. The van der Waals surface area contributed by atoms with Gasteiger partial charge in [-0.15, -0.1) is 34.4 Å². The predicted molar refractivity (Wildman–Crippen MR) is 113 cm³/mol. The van der Waals surface area contributed by atoms with Crippen LogP contribution in [0.3, 0.4) is 0 Å². The van der Waals surface area contributed by atoms with Crippen LogP contribution in [0.5, 0.6) is 0 Å². The highest BCUT2D eigenvalue weighted by Crippen LogP contribution is 2.19. The van der Waals surface area contributed by atoms with E-state index < -0.39 is 0 Å². The van der Waals surface area contributed by atoms with Crippen LogP contribution in [0.15, 0.2) is 52.1 Å². The maximum Gasteiger partial charge on any atom is 0.267 e. The number of carbonyl (C=O) groups is 2. The molecule has 1 N–H and O–H groups in total. The molecule has 5 nitrogen and oxygen atoms in total. The smallest absolute Gasteiger partial charge is 0.267 e. The lowest BCUT2D eigenvalue weighted by atomic mass is 10.2. The number of hydrogen-bond acceptors (Lipinski definition) is 6. The molecule has 0 aliphatic heterocycles. The van der Waals surface area contributed by atoms with Crippen molar-refractivity contribution in [3.05, 3.63) is 63.3 Å². The fourth-order valence-electron chi connectivity index (χ4n) is 2.39. The third-order valence-corrected chi connectivity index (χ3v) is 6.27. The first kappa shape index (κ1) is 19.6. The molecule has 3 rings (SSSR count). The fourth-order valence-corrected chi connectivity index (χ4v) is 4.13. The molecule has 3 aromatic rings. The number of likely N-dealkylation sites (N-methyl/N-ethyl adjacent to an activating group) is 1. The average molecular weight is 418 g/mol. The summed E-state index contributed by atoms with van der Waals surface area (Å²) in [5.74, 6) is -0.187. The van der Waals surface area contributed by atoms with E-state index in [1.165, 1.54) is 27.6 Å². The van der Waals surface area contributed by atoms with Crippen molar-refractivity contribution in [2.45, 2.75) is 17.9 Å². The number of thioether (sulfide) groups is 1. The van der Waals surface area contributed by atoms with Crippen LogP contribution in [0.4, 0.5) is 5.13 Å². The lowest BCUT2D eigenvalue weighted by Gasteiger charge is -2.17. The number of aromatic nitrogens is 1. The zero-order valence-corrected chi connectivity index (χ0v) is 17.4. The monoisotopic (exact) mass is 417 g/mol. The largest absolute Gasteiger partial charge is 0.341 e. The summed E-state index contributed by atoms with van der Waals surface area (Å²) in [6.45, 7) is 0.555. The normalized spacial score (nSPS) is 10.6. The van der Waals surface area contributed by atoms with Gasteiger partial charge in [-0.3, -0.25) is 14.9 Å². The van der Waals surface area contributed by atoms with Crippen LogP contribution in [0, 0.1) is 0 Å². The number of thiophene rings is 1. The number of benzene rings is 1. The number of amides is 2. The van der Waals surface area contributed by atoms with E-state index in [9.17, 15) is 9.59 Å². The minimum absolute atomic E-state index is 0.00891. The summed E-state index contributed by atoms with van der Waals surface area (Å²) < 4.78 is 0. The molecule has 0 aliphatic carbocycles. The number of carbonyl (C=O) groups excluding carboxylic acids is 2. The Morgan fingerprint density at radius 2 is 1.96 bits per heavy atom. The Kier molecular flexibility index (Phi) is 6.65. The summed E-state index contributed by atoms with van der Waals surface area (Å²) in [4.78, 5) is 32.4. The van der Waals surface area contributed by atoms with Crippen LogP contribution in [-0.2, 0) is 17.8 Å². The van der Waals surface area contributed by atoms with Crippen LogP contribution < -0.4 is 5.32 Å². The summed E-state index contributed by atoms with van der Waals surface area (Å²) in [5, 5.41) is 6.94. The lowest BCUT2D eigenvalue weighted by molar-refractivity contribution is -0.129. The second kappa shape index (κ2) is 9.16. The van der Waals surface area contributed by atoms with Crippen molar-refractivity contribution < 1.29 is 9.59 Å². The topological polar surface area (TPSA) is 62.3 Å². The van der Waals surface area contributed by atoms with Crippen LogP contribution >= 0.6 is 34.4 Å². The van der Waals surface area contributed by atoms with E-state index in [4.69, 9.17) is 0 Å². The Hall–Kier alpha value is -2.16. The minimum atomic E-state index is -0.178. The first-order valence-corrected chi connectivity index (χ1v) is 11.2. The van der Waals surface area contributed by atoms with Crippen molar-refractivity contribution in [2.24, 2.45) is 0 Å². The lowest BCUT2D eigenvalue weighted by Crippen LogP contribution is -2.27.